The van der Waals surface area contributed by atoms with Crippen molar-refractivity contribution in [2.75, 3.05) is 37.8 Å². The summed E-state index contributed by atoms with van der Waals surface area (Å²) in [6, 6.07) is 6.34. The average molecular weight is 350 g/mol. The van der Waals surface area contributed by atoms with Gasteiger partial charge in [0.05, 0.1) is 38.0 Å². The van der Waals surface area contributed by atoms with Gasteiger partial charge in [0.15, 0.2) is 0 Å². The van der Waals surface area contributed by atoms with E-state index in [1.54, 1.807) is 29.2 Å². The highest BCUT2D eigenvalue weighted by Crippen LogP contribution is 2.33. The molecule has 2 N–H and O–H groups in total. The van der Waals surface area contributed by atoms with Crippen molar-refractivity contribution in [2.45, 2.75) is 32.2 Å². The van der Waals surface area contributed by atoms with E-state index in [0.29, 0.717) is 18.0 Å². The van der Waals surface area contributed by atoms with Gasteiger partial charge in [-0.25, -0.2) is 4.90 Å². The van der Waals surface area contributed by atoms with Gasteiger partial charge in [-0.1, -0.05) is 25.5 Å². The predicted molar refractivity (Wildman–Crippen MR) is 93.5 cm³/mol. The standard InChI is InChI=1S/C18H26N2O5/c1-2-3-12-25-16-7-5-4-6-14(16)20-17(23)13-15(18(20)24)19(8-10-21)9-11-22/h4-7,15,21-22H,2-3,8-13H2,1H3. The van der Waals surface area contributed by atoms with Gasteiger partial charge in [0.1, 0.15) is 5.75 Å². The largest absolute Gasteiger partial charge is 0.491 e. The van der Waals surface area contributed by atoms with Gasteiger partial charge in [-0.3, -0.25) is 14.5 Å². The Kier molecular flexibility index (Phi) is 7.36. The molecular weight excluding hydrogens is 324 g/mol. The number of carbonyl (C=O) groups excluding carboxylic acids is 2. The molecule has 1 saturated heterocycles. The quantitative estimate of drug-likeness (QED) is 0.479. The second-order valence-corrected chi connectivity index (χ2v) is 5.94. The van der Waals surface area contributed by atoms with Gasteiger partial charge in [-0.2, -0.15) is 0 Å². The van der Waals surface area contributed by atoms with Crippen molar-refractivity contribution in [2.24, 2.45) is 0 Å². The molecule has 138 valence electrons. The molecule has 7 nitrogen and oxygen atoms in total. The average Bonchev–Trinajstić information content (AvgIpc) is 2.90. The number of carbonyl (C=O) groups is 2. The lowest BCUT2D eigenvalue weighted by molar-refractivity contribution is -0.123. The van der Waals surface area contributed by atoms with Crippen LogP contribution in [0.2, 0.25) is 0 Å². The first-order chi connectivity index (χ1) is 12.1. The smallest absolute Gasteiger partial charge is 0.251 e. The van der Waals surface area contributed by atoms with Gasteiger partial charge in [-0.15, -0.1) is 0 Å². The minimum atomic E-state index is -0.671. The van der Waals surface area contributed by atoms with Gasteiger partial charge in [0, 0.05) is 13.1 Å². The molecule has 1 atom stereocenters. The first-order valence-corrected chi connectivity index (χ1v) is 8.68. The predicted octanol–water partition coefficient (Wildman–Crippen LogP) is 0.784. The fraction of sp³-hybridized carbons (Fsp3) is 0.556. The van der Waals surface area contributed by atoms with Gasteiger partial charge in [0.2, 0.25) is 5.91 Å². The monoisotopic (exact) mass is 350 g/mol. The van der Waals surface area contributed by atoms with Crippen molar-refractivity contribution in [1.29, 1.82) is 0 Å². The van der Waals surface area contributed by atoms with Crippen LogP contribution in [-0.4, -0.2) is 65.9 Å². The Morgan fingerprint density at radius 1 is 1.20 bits per heavy atom. The maximum absolute atomic E-state index is 12.8. The van der Waals surface area contributed by atoms with Crippen molar-refractivity contribution >= 4 is 17.5 Å². The summed E-state index contributed by atoms with van der Waals surface area (Å²) in [5.74, 6) is -0.143. The molecule has 0 saturated carbocycles. The zero-order valence-corrected chi connectivity index (χ0v) is 14.6. The molecule has 2 rings (SSSR count). The van der Waals surface area contributed by atoms with Crippen LogP contribution in [-0.2, 0) is 9.59 Å². The fourth-order valence-electron chi connectivity index (χ4n) is 2.93. The van der Waals surface area contributed by atoms with Crippen LogP contribution in [0.3, 0.4) is 0 Å². The maximum Gasteiger partial charge on any atom is 0.251 e. The van der Waals surface area contributed by atoms with Gasteiger partial charge in [-0.05, 0) is 18.6 Å². The number of ether oxygens (including phenoxy) is 1. The summed E-state index contributed by atoms with van der Waals surface area (Å²) in [5, 5.41) is 18.3. The number of para-hydroxylation sites is 2. The van der Waals surface area contributed by atoms with Crippen molar-refractivity contribution in [3.8, 4) is 5.75 Å². The number of nitrogens with zero attached hydrogens (tertiary/aromatic N) is 2. The minimum Gasteiger partial charge on any atom is -0.491 e. The van der Waals surface area contributed by atoms with Crippen LogP contribution < -0.4 is 9.64 Å². The number of hydrogen-bond donors (Lipinski definition) is 2. The number of aliphatic hydroxyl groups excluding tert-OH is 2. The van der Waals surface area contributed by atoms with E-state index in [4.69, 9.17) is 4.74 Å². The van der Waals surface area contributed by atoms with Crippen LogP contribution in [0.15, 0.2) is 24.3 Å². The highest BCUT2D eigenvalue weighted by Gasteiger charge is 2.43. The number of hydrogen-bond acceptors (Lipinski definition) is 6. The van der Waals surface area contributed by atoms with Gasteiger partial charge in [0.25, 0.3) is 5.91 Å². The molecule has 1 fully saturated rings. The molecular formula is C18H26N2O5. The maximum atomic E-state index is 12.8. The molecule has 0 spiro atoms. The van der Waals surface area contributed by atoms with Crippen LogP contribution in [0.25, 0.3) is 0 Å². The van der Waals surface area contributed by atoms with E-state index in [9.17, 15) is 19.8 Å². The Morgan fingerprint density at radius 2 is 1.88 bits per heavy atom. The summed E-state index contributed by atoms with van der Waals surface area (Å²) in [6.07, 6.45) is 1.91. The summed E-state index contributed by atoms with van der Waals surface area (Å²) < 4.78 is 5.74. The van der Waals surface area contributed by atoms with Crippen LogP contribution in [0.1, 0.15) is 26.2 Å². The number of rotatable bonds is 10. The van der Waals surface area contributed by atoms with E-state index in [-0.39, 0.29) is 44.5 Å². The summed E-state index contributed by atoms with van der Waals surface area (Å²) >= 11 is 0. The second kappa shape index (κ2) is 9.50. The first-order valence-electron chi connectivity index (χ1n) is 8.68. The van der Waals surface area contributed by atoms with Crippen LogP contribution >= 0.6 is 0 Å². The van der Waals surface area contributed by atoms with Gasteiger partial charge < -0.3 is 14.9 Å². The van der Waals surface area contributed by atoms with Crippen LogP contribution in [0.5, 0.6) is 5.75 Å². The molecule has 1 heterocycles. The molecule has 7 heteroatoms. The highest BCUT2D eigenvalue weighted by molar-refractivity contribution is 6.23. The van der Waals surface area contributed by atoms with Crippen molar-refractivity contribution < 1.29 is 24.5 Å². The van der Waals surface area contributed by atoms with Crippen LogP contribution in [0, 0.1) is 0 Å². The van der Waals surface area contributed by atoms with Crippen LogP contribution in [0.4, 0.5) is 5.69 Å². The molecule has 2 amide bonds. The Morgan fingerprint density at radius 3 is 2.52 bits per heavy atom. The molecule has 0 radical (unpaired) electrons. The number of unbranched alkanes of at least 4 members (excludes halogenated alkanes) is 1. The Bertz CT molecular complexity index is 587. The molecule has 0 aliphatic carbocycles. The fourth-order valence-corrected chi connectivity index (χ4v) is 2.93. The molecule has 0 aromatic heterocycles. The Labute approximate surface area is 147 Å². The number of benzene rings is 1. The van der Waals surface area contributed by atoms with E-state index in [2.05, 4.69) is 6.92 Å². The summed E-state index contributed by atoms with van der Waals surface area (Å²) in [7, 11) is 0. The summed E-state index contributed by atoms with van der Waals surface area (Å²) in [5.41, 5.74) is 0.448. The number of amides is 2. The topological polar surface area (TPSA) is 90.3 Å². The lowest BCUT2D eigenvalue weighted by Gasteiger charge is -2.26. The molecule has 1 aliphatic heterocycles. The second-order valence-electron chi connectivity index (χ2n) is 5.94. The zero-order valence-electron chi connectivity index (χ0n) is 14.6. The third-order valence-electron chi connectivity index (χ3n) is 4.20. The lowest BCUT2D eigenvalue weighted by Crippen LogP contribution is -2.44. The number of imide groups is 1. The molecule has 1 aliphatic rings. The Balaban J connectivity index is 2.22. The lowest BCUT2D eigenvalue weighted by atomic mass is 10.2. The molecule has 1 aromatic carbocycles. The van der Waals surface area contributed by atoms with E-state index < -0.39 is 6.04 Å². The zero-order chi connectivity index (χ0) is 18.2. The van der Waals surface area contributed by atoms with E-state index >= 15 is 0 Å². The third kappa shape index (κ3) is 4.56. The van der Waals surface area contributed by atoms with Crippen molar-refractivity contribution in [3.63, 3.8) is 0 Å². The van der Waals surface area contributed by atoms with Crippen molar-refractivity contribution in [3.05, 3.63) is 24.3 Å². The number of aliphatic hydroxyl groups is 2. The van der Waals surface area contributed by atoms with E-state index in [0.717, 1.165) is 17.7 Å². The minimum absolute atomic E-state index is 0.0299. The first kappa shape index (κ1) is 19.4. The molecule has 0 bridgehead atoms. The van der Waals surface area contributed by atoms with E-state index in [1.807, 2.05) is 0 Å². The third-order valence-corrected chi connectivity index (χ3v) is 4.20. The summed E-state index contributed by atoms with van der Waals surface area (Å²) in [6.45, 7) is 2.75. The highest BCUT2D eigenvalue weighted by atomic mass is 16.5. The van der Waals surface area contributed by atoms with Crippen molar-refractivity contribution in [1.82, 2.24) is 4.90 Å². The Hall–Kier alpha value is -1.96. The normalized spacial score (nSPS) is 17.6. The van der Waals surface area contributed by atoms with E-state index in [1.165, 1.54) is 0 Å². The van der Waals surface area contributed by atoms with Gasteiger partial charge >= 0.3 is 0 Å². The molecule has 25 heavy (non-hydrogen) atoms. The summed E-state index contributed by atoms with van der Waals surface area (Å²) in [4.78, 5) is 28.1. The molecule has 1 aromatic rings. The molecule has 1 unspecified atom stereocenters. The number of anilines is 1. The SMILES string of the molecule is CCCCOc1ccccc1N1C(=O)CC(N(CCO)CCO)C1=O.